The normalized spacial score (nSPS) is 16.9. The lowest BCUT2D eigenvalue weighted by atomic mass is 10.0. The number of nitrogens with zero attached hydrogens (tertiary/aromatic N) is 1. The number of aromatic amines is 1. The zero-order valence-corrected chi connectivity index (χ0v) is 15.7. The van der Waals surface area contributed by atoms with Crippen LogP contribution in [0, 0.1) is 5.82 Å². The van der Waals surface area contributed by atoms with Crippen molar-refractivity contribution in [1.29, 1.82) is 0 Å². The summed E-state index contributed by atoms with van der Waals surface area (Å²) in [6, 6.07) is 13.2. The Morgan fingerprint density at radius 2 is 2.00 bits per heavy atom. The molecule has 1 aliphatic heterocycles. The van der Waals surface area contributed by atoms with Gasteiger partial charge in [-0.05, 0) is 35.7 Å². The summed E-state index contributed by atoms with van der Waals surface area (Å²) < 4.78 is 19.1. The SMILES string of the molecule is O=C(O)C1COCCN1C(=O)CCc1c(-c2ccccc2)[nH]c2ccc(F)cc12. The van der Waals surface area contributed by atoms with Gasteiger partial charge in [0.15, 0.2) is 6.04 Å². The van der Waals surface area contributed by atoms with Gasteiger partial charge >= 0.3 is 5.97 Å². The van der Waals surface area contributed by atoms with Crippen molar-refractivity contribution in [2.45, 2.75) is 18.9 Å². The lowest BCUT2D eigenvalue weighted by Crippen LogP contribution is -2.52. The van der Waals surface area contributed by atoms with Gasteiger partial charge in [-0.2, -0.15) is 0 Å². The Kier molecular flexibility index (Phi) is 5.31. The molecule has 0 saturated carbocycles. The Balaban J connectivity index is 1.64. The Hall–Kier alpha value is -3.19. The first-order valence-electron chi connectivity index (χ1n) is 9.50. The number of carboxylic acid groups (broad SMARTS) is 1. The molecule has 1 aliphatic rings. The van der Waals surface area contributed by atoms with E-state index in [1.165, 1.54) is 17.0 Å². The molecule has 0 aliphatic carbocycles. The van der Waals surface area contributed by atoms with Gasteiger partial charge in [0.2, 0.25) is 5.91 Å². The van der Waals surface area contributed by atoms with Gasteiger partial charge in [0.25, 0.3) is 0 Å². The highest BCUT2D eigenvalue weighted by Gasteiger charge is 2.32. The molecule has 3 aromatic rings. The van der Waals surface area contributed by atoms with E-state index in [1.54, 1.807) is 6.07 Å². The summed E-state index contributed by atoms with van der Waals surface area (Å²) in [5, 5.41) is 10.1. The molecule has 150 valence electrons. The van der Waals surface area contributed by atoms with Gasteiger partial charge in [0.1, 0.15) is 5.82 Å². The van der Waals surface area contributed by atoms with E-state index < -0.39 is 12.0 Å². The van der Waals surface area contributed by atoms with Crippen LogP contribution in [0.25, 0.3) is 22.2 Å². The Morgan fingerprint density at radius 3 is 2.76 bits per heavy atom. The quantitative estimate of drug-likeness (QED) is 0.694. The molecular weight excluding hydrogens is 375 g/mol. The number of aliphatic carboxylic acids is 1. The van der Waals surface area contributed by atoms with Crippen LogP contribution < -0.4 is 0 Å². The lowest BCUT2D eigenvalue weighted by molar-refractivity contribution is -0.158. The minimum atomic E-state index is -1.07. The van der Waals surface area contributed by atoms with Gasteiger partial charge < -0.3 is 19.7 Å². The number of fused-ring (bicyclic) bond motifs is 1. The molecule has 4 rings (SSSR count). The number of benzene rings is 2. The number of hydrogen-bond acceptors (Lipinski definition) is 3. The number of nitrogens with one attached hydrogen (secondary N) is 1. The monoisotopic (exact) mass is 396 g/mol. The van der Waals surface area contributed by atoms with E-state index in [0.29, 0.717) is 13.0 Å². The highest BCUT2D eigenvalue weighted by molar-refractivity contribution is 5.92. The number of aromatic nitrogens is 1. The number of morpholine rings is 1. The first-order valence-corrected chi connectivity index (χ1v) is 9.50. The Morgan fingerprint density at radius 1 is 1.21 bits per heavy atom. The Labute approximate surface area is 166 Å². The number of ether oxygens (including phenoxy) is 1. The second-order valence-electron chi connectivity index (χ2n) is 7.05. The van der Waals surface area contributed by atoms with E-state index in [-0.39, 0.29) is 31.3 Å². The van der Waals surface area contributed by atoms with Gasteiger partial charge in [-0.15, -0.1) is 0 Å². The largest absolute Gasteiger partial charge is 0.480 e. The van der Waals surface area contributed by atoms with Crippen LogP contribution >= 0.6 is 0 Å². The third-order valence-corrected chi connectivity index (χ3v) is 5.25. The van der Waals surface area contributed by atoms with E-state index in [0.717, 1.165) is 27.7 Å². The van der Waals surface area contributed by atoms with Crippen molar-refractivity contribution in [1.82, 2.24) is 9.88 Å². The smallest absolute Gasteiger partial charge is 0.328 e. The number of carbonyl (C=O) groups excluding carboxylic acids is 1. The molecule has 1 saturated heterocycles. The average molecular weight is 396 g/mol. The average Bonchev–Trinajstić information content (AvgIpc) is 3.10. The van der Waals surface area contributed by atoms with Crippen LogP contribution in [0.1, 0.15) is 12.0 Å². The van der Waals surface area contributed by atoms with E-state index in [4.69, 9.17) is 4.74 Å². The van der Waals surface area contributed by atoms with Crippen LogP contribution in [0.5, 0.6) is 0 Å². The van der Waals surface area contributed by atoms with Gasteiger partial charge in [0, 0.05) is 29.6 Å². The second kappa shape index (κ2) is 8.05. The number of hydrogen-bond donors (Lipinski definition) is 2. The van der Waals surface area contributed by atoms with Crippen LogP contribution in [0.2, 0.25) is 0 Å². The highest BCUT2D eigenvalue weighted by atomic mass is 19.1. The zero-order valence-electron chi connectivity index (χ0n) is 15.7. The molecule has 7 heteroatoms. The molecule has 29 heavy (non-hydrogen) atoms. The zero-order chi connectivity index (χ0) is 20.4. The molecule has 2 aromatic carbocycles. The van der Waals surface area contributed by atoms with Crippen molar-refractivity contribution >= 4 is 22.8 Å². The number of halogens is 1. The molecule has 2 heterocycles. The molecule has 0 spiro atoms. The maximum Gasteiger partial charge on any atom is 0.328 e. The van der Waals surface area contributed by atoms with Crippen LogP contribution in [-0.2, 0) is 20.7 Å². The summed E-state index contributed by atoms with van der Waals surface area (Å²) >= 11 is 0. The van der Waals surface area contributed by atoms with Gasteiger partial charge in [0.05, 0.1) is 13.2 Å². The van der Waals surface area contributed by atoms with Crippen molar-refractivity contribution in [3.8, 4) is 11.3 Å². The third-order valence-electron chi connectivity index (χ3n) is 5.25. The molecule has 1 unspecified atom stereocenters. The van der Waals surface area contributed by atoms with Gasteiger partial charge in [-0.1, -0.05) is 30.3 Å². The molecule has 1 atom stereocenters. The minimum Gasteiger partial charge on any atom is -0.480 e. The standard InChI is InChI=1S/C22H21FN2O4/c23-15-6-8-18-17(12-15)16(21(24-18)14-4-2-1-3-5-14)7-9-20(26)25-10-11-29-13-19(25)22(27)28/h1-6,8,12,19,24H,7,9-11,13H2,(H,27,28). The van der Waals surface area contributed by atoms with Crippen molar-refractivity contribution in [3.63, 3.8) is 0 Å². The number of H-pyrrole nitrogens is 1. The van der Waals surface area contributed by atoms with E-state index >= 15 is 0 Å². The van der Waals surface area contributed by atoms with E-state index in [1.807, 2.05) is 30.3 Å². The number of aryl methyl sites for hydroxylation is 1. The van der Waals surface area contributed by atoms with Crippen molar-refractivity contribution in [3.05, 3.63) is 59.9 Å². The summed E-state index contributed by atoms with van der Waals surface area (Å²) in [7, 11) is 0. The van der Waals surface area contributed by atoms with Crippen molar-refractivity contribution < 1.29 is 23.8 Å². The maximum atomic E-state index is 13.9. The number of carboxylic acids is 1. The van der Waals surface area contributed by atoms with E-state index in [9.17, 15) is 19.1 Å². The predicted molar refractivity (Wildman–Crippen MR) is 106 cm³/mol. The van der Waals surface area contributed by atoms with Gasteiger partial charge in [-0.25, -0.2) is 9.18 Å². The summed E-state index contributed by atoms with van der Waals surface area (Å²) in [6.07, 6.45) is 0.503. The summed E-state index contributed by atoms with van der Waals surface area (Å²) in [6.45, 7) is 0.571. The molecular formula is C22H21FN2O4. The van der Waals surface area contributed by atoms with E-state index in [2.05, 4.69) is 4.98 Å². The fourth-order valence-electron chi connectivity index (χ4n) is 3.81. The highest BCUT2D eigenvalue weighted by Crippen LogP contribution is 2.32. The Bertz CT molecular complexity index is 1050. The molecule has 6 nitrogen and oxygen atoms in total. The topological polar surface area (TPSA) is 82.6 Å². The first-order chi connectivity index (χ1) is 14.0. The summed E-state index contributed by atoms with van der Waals surface area (Å²) in [4.78, 5) is 28.9. The third kappa shape index (κ3) is 3.86. The van der Waals surface area contributed by atoms with Gasteiger partial charge in [-0.3, -0.25) is 4.79 Å². The van der Waals surface area contributed by atoms with Crippen LogP contribution in [-0.4, -0.2) is 52.7 Å². The minimum absolute atomic E-state index is 0.00532. The molecule has 1 amide bonds. The van der Waals surface area contributed by atoms with Crippen molar-refractivity contribution in [2.75, 3.05) is 19.8 Å². The number of amides is 1. The number of carbonyl (C=O) groups is 2. The fraction of sp³-hybridized carbons (Fsp3) is 0.273. The lowest BCUT2D eigenvalue weighted by Gasteiger charge is -2.33. The van der Waals surface area contributed by atoms with Crippen LogP contribution in [0.3, 0.4) is 0 Å². The molecule has 0 radical (unpaired) electrons. The molecule has 1 fully saturated rings. The number of rotatable bonds is 5. The van der Waals surface area contributed by atoms with Crippen molar-refractivity contribution in [2.24, 2.45) is 0 Å². The maximum absolute atomic E-state index is 13.9. The summed E-state index contributed by atoms with van der Waals surface area (Å²) in [5.74, 6) is -1.66. The molecule has 0 bridgehead atoms. The predicted octanol–water partition coefficient (Wildman–Crippen LogP) is 3.22. The first kappa shape index (κ1) is 19.1. The fourth-order valence-corrected chi connectivity index (χ4v) is 3.81. The molecule has 1 aromatic heterocycles. The molecule has 2 N–H and O–H groups in total. The summed E-state index contributed by atoms with van der Waals surface area (Å²) in [5.41, 5.74) is 3.43. The second-order valence-corrected chi connectivity index (χ2v) is 7.05. The van der Waals surface area contributed by atoms with Crippen LogP contribution in [0.4, 0.5) is 4.39 Å². The van der Waals surface area contributed by atoms with Crippen LogP contribution in [0.15, 0.2) is 48.5 Å².